The zero-order chi connectivity index (χ0) is 10.8. The predicted octanol–water partition coefficient (Wildman–Crippen LogP) is 2.81. The van der Waals surface area contributed by atoms with Crippen LogP contribution in [-0.2, 0) is 0 Å². The second kappa shape index (κ2) is 4.02. The topological polar surface area (TPSA) is 17.3 Å². The molecule has 0 aliphatic carbocycles. The van der Waals surface area contributed by atoms with Crippen molar-refractivity contribution in [2.24, 2.45) is 4.99 Å². The van der Waals surface area contributed by atoms with E-state index >= 15 is 0 Å². The maximum atomic E-state index is 12.5. The molecular formula is C9H6BClF2N2. The normalized spacial score (nSPS) is 17.3. The van der Waals surface area contributed by atoms with Gasteiger partial charge in [-0.25, -0.2) is 0 Å². The first-order valence-electron chi connectivity index (χ1n) is 4.26. The van der Waals surface area contributed by atoms with Crippen LogP contribution in [0.2, 0.25) is 0 Å². The largest absolute Gasteiger partial charge is 0.677 e. The number of rotatable bonds is 2. The van der Waals surface area contributed by atoms with Crippen LogP contribution in [0.25, 0.3) is 5.03 Å². The Bertz CT molecular complexity index is 448. The average Bonchev–Trinajstić information content (AvgIpc) is 2.88. The van der Waals surface area contributed by atoms with Crippen LogP contribution in [-0.4, -0.2) is 18.1 Å². The molecule has 15 heavy (non-hydrogen) atoms. The summed E-state index contributed by atoms with van der Waals surface area (Å²) in [4.78, 5) is 3.95. The van der Waals surface area contributed by atoms with E-state index in [1.54, 1.807) is 18.4 Å². The fraction of sp³-hybridized carbons (Fsp3) is 0. The van der Waals surface area contributed by atoms with Gasteiger partial charge in [-0.1, -0.05) is 11.6 Å². The van der Waals surface area contributed by atoms with Gasteiger partial charge in [0.05, 0.1) is 16.4 Å². The molecule has 76 valence electrons. The smallest absolute Gasteiger partial charge is 0.331 e. The van der Waals surface area contributed by atoms with E-state index in [9.17, 15) is 8.63 Å². The molecule has 0 N–H and O–H groups in total. The molecule has 0 aromatic carbocycles. The maximum Gasteiger partial charge on any atom is 0.677 e. The summed E-state index contributed by atoms with van der Waals surface area (Å²) >= 11 is 5.96. The number of allylic oxidation sites excluding steroid dienone is 2. The molecule has 2 heterocycles. The minimum absolute atomic E-state index is 0.227. The van der Waals surface area contributed by atoms with Crippen molar-refractivity contribution >= 4 is 30.2 Å². The predicted molar refractivity (Wildman–Crippen MR) is 58.2 cm³/mol. The van der Waals surface area contributed by atoms with E-state index < -0.39 is 7.40 Å². The third kappa shape index (κ3) is 1.87. The molecule has 0 atom stereocenters. The highest BCUT2D eigenvalue weighted by Crippen LogP contribution is 2.26. The monoisotopic (exact) mass is 226 g/mol. The van der Waals surface area contributed by atoms with Crippen LogP contribution in [0.5, 0.6) is 0 Å². The molecule has 0 unspecified atom stereocenters. The standard InChI is InChI=1S/C9H6BClF2N2/c11-9(7-3-1-5-14-7)8-4-2-6-15(8)10(12)13/h1-6H/b9-7+. The zero-order valence-electron chi connectivity index (χ0n) is 7.57. The molecule has 1 aliphatic heterocycles. The quantitative estimate of drug-likeness (QED) is 0.690. The molecule has 1 aromatic heterocycles. The van der Waals surface area contributed by atoms with Crippen LogP contribution >= 0.6 is 11.6 Å². The highest BCUT2D eigenvalue weighted by atomic mass is 35.5. The average molecular weight is 226 g/mol. The van der Waals surface area contributed by atoms with E-state index in [0.717, 1.165) is 4.48 Å². The molecule has 0 bridgehead atoms. The van der Waals surface area contributed by atoms with Gasteiger partial charge >= 0.3 is 7.40 Å². The number of aliphatic imine (C=N–C) groups is 1. The van der Waals surface area contributed by atoms with E-state index in [4.69, 9.17) is 11.6 Å². The highest BCUT2D eigenvalue weighted by Gasteiger charge is 2.21. The highest BCUT2D eigenvalue weighted by molar-refractivity contribution is 6.51. The number of hydrogen-bond donors (Lipinski definition) is 0. The molecule has 0 radical (unpaired) electrons. The Morgan fingerprint density at radius 3 is 2.87 bits per heavy atom. The van der Waals surface area contributed by atoms with Crippen LogP contribution in [0, 0.1) is 0 Å². The van der Waals surface area contributed by atoms with Gasteiger partial charge < -0.3 is 4.48 Å². The van der Waals surface area contributed by atoms with Gasteiger partial charge in [-0.2, -0.15) is 0 Å². The Morgan fingerprint density at radius 2 is 2.27 bits per heavy atom. The van der Waals surface area contributed by atoms with E-state index in [1.165, 1.54) is 18.3 Å². The fourth-order valence-electron chi connectivity index (χ4n) is 1.31. The van der Waals surface area contributed by atoms with Crippen LogP contribution < -0.4 is 0 Å². The minimum atomic E-state index is -2.60. The van der Waals surface area contributed by atoms with Gasteiger partial charge in [0, 0.05) is 6.21 Å². The minimum Gasteiger partial charge on any atom is -0.331 e. The van der Waals surface area contributed by atoms with E-state index in [2.05, 4.69) is 4.99 Å². The van der Waals surface area contributed by atoms with Crippen LogP contribution in [0.1, 0.15) is 5.69 Å². The van der Waals surface area contributed by atoms with Crippen molar-refractivity contribution in [3.63, 3.8) is 0 Å². The zero-order valence-corrected chi connectivity index (χ0v) is 8.33. The lowest BCUT2D eigenvalue weighted by Gasteiger charge is -2.05. The van der Waals surface area contributed by atoms with Gasteiger partial charge in [-0.3, -0.25) is 13.6 Å². The first kappa shape index (κ1) is 10.2. The van der Waals surface area contributed by atoms with Gasteiger partial charge in [0.15, 0.2) is 0 Å². The lowest BCUT2D eigenvalue weighted by atomic mass is 10.2. The Balaban J connectivity index is 2.46. The van der Waals surface area contributed by atoms with Crippen molar-refractivity contribution in [3.05, 3.63) is 41.9 Å². The number of aromatic nitrogens is 1. The summed E-state index contributed by atoms with van der Waals surface area (Å²) < 4.78 is 25.9. The van der Waals surface area contributed by atoms with Crippen molar-refractivity contribution in [1.82, 2.24) is 4.48 Å². The van der Waals surface area contributed by atoms with E-state index in [1.807, 2.05) is 0 Å². The summed E-state index contributed by atoms with van der Waals surface area (Å²) in [6, 6.07) is 3.05. The molecule has 6 heteroatoms. The van der Waals surface area contributed by atoms with Gasteiger partial charge in [-0.15, -0.1) is 0 Å². The number of halogens is 3. The van der Waals surface area contributed by atoms with Crippen molar-refractivity contribution in [3.8, 4) is 0 Å². The number of hydrogen-bond acceptors (Lipinski definition) is 1. The molecule has 1 aliphatic rings. The maximum absolute atomic E-state index is 12.5. The Kier molecular flexibility index (Phi) is 2.73. The van der Waals surface area contributed by atoms with Crippen molar-refractivity contribution in [1.29, 1.82) is 0 Å². The molecule has 0 fully saturated rings. The first-order valence-corrected chi connectivity index (χ1v) is 4.64. The Hall–Kier alpha value is -1.36. The van der Waals surface area contributed by atoms with Crippen molar-refractivity contribution in [2.75, 3.05) is 0 Å². The summed E-state index contributed by atoms with van der Waals surface area (Å²) in [7, 11) is -2.60. The lowest BCUT2D eigenvalue weighted by molar-refractivity contribution is 0.628. The van der Waals surface area contributed by atoms with Crippen LogP contribution in [0.3, 0.4) is 0 Å². The molecule has 0 spiro atoms. The molecule has 0 amide bonds. The van der Waals surface area contributed by atoms with Gasteiger partial charge in [0.25, 0.3) is 0 Å². The van der Waals surface area contributed by atoms with E-state index in [-0.39, 0.29) is 10.7 Å². The van der Waals surface area contributed by atoms with Crippen LogP contribution in [0.15, 0.2) is 41.2 Å². The SMILES string of the molecule is FB(F)n1cccc1/C(Cl)=C1/C=CC=N1. The number of nitrogens with zero attached hydrogens (tertiary/aromatic N) is 2. The summed E-state index contributed by atoms with van der Waals surface area (Å²) in [6.07, 6.45) is 6.22. The van der Waals surface area contributed by atoms with Crippen molar-refractivity contribution in [2.45, 2.75) is 0 Å². The second-order valence-electron chi connectivity index (χ2n) is 2.91. The molecule has 2 nitrogen and oxygen atoms in total. The molecule has 0 saturated heterocycles. The van der Waals surface area contributed by atoms with E-state index in [0.29, 0.717) is 5.70 Å². The molecular weight excluding hydrogens is 220 g/mol. The molecule has 0 saturated carbocycles. The molecule has 1 aromatic rings. The van der Waals surface area contributed by atoms with Crippen LogP contribution in [0.4, 0.5) is 8.63 Å². The molecule has 2 rings (SSSR count). The van der Waals surface area contributed by atoms with Gasteiger partial charge in [0.1, 0.15) is 0 Å². The summed E-state index contributed by atoms with van der Waals surface area (Å²) in [5.41, 5.74) is 0.766. The van der Waals surface area contributed by atoms with Gasteiger partial charge in [0.2, 0.25) is 0 Å². The summed E-state index contributed by atoms with van der Waals surface area (Å²) in [5, 5.41) is 0.227. The Labute approximate surface area is 90.8 Å². The fourth-order valence-corrected chi connectivity index (χ4v) is 1.58. The summed E-state index contributed by atoms with van der Waals surface area (Å²) in [5.74, 6) is 0. The third-order valence-corrected chi connectivity index (χ3v) is 2.38. The summed E-state index contributed by atoms with van der Waals surface area (Å²) in [6.45, 7) is 0. The lowest BCUT2D eigenvalue weighted by Crippen LogP contribution is -2.13. The second-order valence-corrected chi connectivity index (χ2v) is 3.29. The van der Waals surface area contributed by atoms with Gasteiger partial charge in [-0.05, 0) is 30.5 Å². The third-order valence-electron chi connectivity index (χ3n) is 1.99. The Morgan fingerprint density at radius 1 is 1.47 bits per heavy atom. The van der Waals surface area contributed by atoms with Crippen molar-refractivity contribution < 1.29 is 8.63 Å². The first-order chi connectivity index (χ1) is 7.20.